The van der Waals surface area contributed by atoms with Crippen molar-refractivity contribution in [1.82, 2.24) is 4.98 Å². The van der Waals surface area contributed by atoms with Crippen molar-refractivity contribution in [3.8, 4) is 0 Å². The van der Waals surface area contributed by atoms with E-state index in [0.717, 1.165) is 30.5 Å². The van der Waals surface area contributed by atoms with Crippen LogP contribution in [0.15, 0.2) is 59.6 Å². The molecule has 0 fully saturated rings. The standard InChI is InChI=1S/C20H15F3N4O3S/c1-11(28)25-17-8-5-12(10-24-17)20(29)26-19-15(22)6-7-16(18(19)23)27-31(30)14-4-2-3-13(21)9-14/h2-10,27H,1H3,(H,26,29)(H,24,25,28). The summed E-state index contributed by atoms with van der Waals surface area (Å²) in [6.07, 6.45) is 1.12. The summed E-state index contributed by atoms with van der Waals surface area (Å²) in [5, 5.41) is 4.52. The van der Waals surface area contributed by atoms with Crippen molar-refractivity contribution in [2.45, 2.75) is 11.8 Å². The van der Waals surface area contributed by atoms with E-state index < -0.39 is 40.4 Å². The third-order valence-corrected chi connectivity index (χ3v) is 4.96. The lowest BCUT2D eigenvalue weighted by Crippen LogP contribution is -2.18. The third kappa shape index (κ3) is 5.53. The van der Waals surface area contributed by atoms with Gasteiger partial charge in [-0.25, -0.2) is 22.9 Å². The molecule has 0 aliphatic carbocycles. The van der Waals surface area contributed by atoms with Gasteiger partial charge in [0, 0.05) is 19.2 Å². The zero-order chi connectivity index (χ0) is 22.5. The summed E-state index contributed by atoms with van der Waals surface area (Å²) in [5.41, 5.74) is -1.15. The molecule has 1 heterocycles. The number of pyridine rings is 1. The molecule has 0 aliphatic rings. The van der Waals surface area contributed by atoms with Crippen LogP contribution in [0.5, 0.6) is 0 Å². The number of hydrogen-bond acceptors (Lipinski definition) is 5. The van der Waals surface area contributed by atoms with Crippen molar-refractivity contribution in [2.24, 2.45) is 0 Å². The lowest BCUT2D eigenvalue weighted by atomic mass is 10.2. The first-order chi connectivity index (χ1) is 14.7. The molecule has 0 spiro atoms. The molecule has 0 saturated heterocycles. The fourth-order valence-corrected chi connectivity index (χ4v) is 3.35. The van der Waals surface area contributed by atoms with Crippen LogP contribution in [0.25, 0.3) is 0 Å². The van der Waals surface area contributed by atoms with Crippen LogP contribution in [0.3, 0.4) is 0 Å². The second kappa shape index (κ2) is 9.49. The van der Waals surface area contributed by atoms with Gasteiger partial charge in [0.1, 0.15) is 40.2 Å². The van der Waals surface area contributed by atoms with Crippen LogP contribution in [-0.4, -0.2) is 21.4 Å². The molecule has 2 aromatic carbocycles. The Kier molecular flexibility index (Phi) is 6.78. The predicted molar refractivity (Wildman–Crippen MR) is 109 cm³/mol. The Hall–Kier alpha value is -3.57. The van der Waals surface area contributed by atoms with Gasteiger partial charge < -0.3 is 15.2 Å². The van der Waals surface area contributed by atoms with E-state index in [9.17, 15) is 27.3 Å². The fraction of sp³-hybridized carbons (Fsp3) is 0.0500. The van der Waals surface area contributed by atoms with Crippen molar-refractivity contribution in [1.29, 1.82) is 0 Å². The van der Waals surface area contributed by atoms with Crippen molar-refractivity contribution in [3.63, 3.8) is 0 Å². The normalized spacial score (nSPS) is 11.5. The first kappa shape index (κ1) is 22.1. The van der Waals surface area contributed by atoms with Crippen LogP contribution in [0.4, 0.5) is 30.4 Å². The molecule has 3 rings (SSSR count). The van der Waals surface area contributed by atoms with E-state index in [4.69, 9.17) is 0 Å². The number of hydrogen-bond donors (Lipinski definition) is 3. The van der Waals surface area contributed by atoms with Crippen molar-refractivity contribution < 1.29 is 27.3 Å². The fourth-order valence-electron chi connectivity index (χ4n) is 2.46. The molecular weight excluding hydrogens is 433 g/mol. The number of aromatic nitrogens is 1. The lowest BCUT2D eigenvalue weighted by Gasteiger charge is -2.14. The van der Waals surface area contributed by atoms with Crippen molar-refractivity contribution in [3.05, 3.63) is 77.7 Å². The first-order valence-electron chi connectivity index (χ1n) is 8.71. The van der Waals surface area contributed by atoms with Gasteiger partial charge in [-0.15, -0.1) is 0 Å². The number of nitrogens with zero attached hydrogens (tertiary/aromatic N) is 1. The number of amides is 2. The Morgan fingerprint density at radius 1 is 1.03 bits per heavy atom. The average Bonchev–Trinajstić information content (AvgIpc) is 2.73. The number of halogens is 3. The number of rotatable bonds is 6. The number of carbonyl (C=O) groups is 2. The average molecular weight is 448 g/mol. The molecule has 1 unspecified atom stereocenters. The first-order valence-corrected chi connectivity index (χ1v) is 9.86. The lowest BCUT2D eigenvalue weighted by molar-refractivity contribution is -0.114. The smallest absolute Gasteiger partial charge is 0.257 e. The summed E-state index contributed by atoms with van der Waals surface area (Å²) in [4.78, 5) is 27.3. The maximum absolute atomic E-state index is 14.8. The maximum atomic E-state index is 14.8. The highest BCUT2D eigenvalue weighted by Gasteiger charge is 2.21. The third-order valence-electron chi connectivity index (χ3n) is 3.87. The van der Waals surface area contributed by atoms with Gasteiger partial charge in [0.2, 0.25) is 5.91 Å². The Bertz CT molecular complexity index is 1130. The summed E-state index contributed by atoms with van der Waals surface area (Å²) in [6.45, 7) is 1.29. The highest BCUT2D eigenvalue weighted by atomic mass is 32.2. The quantitative estimate of drug-likeness (QED) is 0.497. The van der Waals surface area contributed by atoms with Gasteiger partial charge >= 0.3 is 0 Å². The number of carbonyl (C=O) groups excluding carboxylic acids is 2. The van der Waals surface area contributed by atoms with Crippen molar-refractivity contribution in [2.75, 3.05) is 15.4 Å². The minimum Gasteiger partial charge on any atom is -0.588 e. The molecule has 11 heteroatoms. The minimum absolute atomic E-state index is 0.0189. The monoisotopic (exact) mass is 448 g/mol. The van der Waals surface area contributed by atoms with E-state index in [-0.39, 0.29) is 27.9 Å². The zero-order valence-electron chi connectivity index (χ0n) is 15.9. The SMILES string of the molecule is CC(=O)Nc1ccc(C(=O)Nc2c(F)ccc(N[S+]([O-])c3cccc(F)c3)c2F)cn1. The largest absolute Gasteiger partial charge is 0.588 e. The Labute approximate surface area is 178 Å². The molecule has 0 bridgehead atoms. The van der Waals surface area contributed by atoms with Crippen LogP contribution in [-0.2, 0) is 16.2 Å². The molecule has 3 aromatic rings. The number of benzene rings is 2. The summed E-state index contributed by atoms with van der Waals surface area (Å²) in [5.74, 6) is -3.89. The molecule has 0 radical (unpaired) electrons. The Morgan fingerprint density at radius 3 is 2.45 bits per heavy atom. The second-order valence-corrected chi connectivity index (χ2v) is 7.39. The molecule has 1 atom stereocenters. The summed E-state index contributed by atoms with van der Waals surface area (Å²) in [7, 11) is 0. The zero-order valence-corrected chi connectivity index (χ0v) is 16.7. The molecule has 2 amide bonds. The van der Waals surface area contributed by atoms with E-state index in [2.05, 4.69) is 20.3 Å². The molecular formula is C20H15F3N4O3S. The minimum atomic E-state index is -2.04. The maximum Gasteiger partial charge on any atom is 0.257 e. The molecule has 1 aromatic heterocycles. The van der Waals surface area contributed by atoms with E-state index >= 15 is 0 Å². The van der Waals surface area contributed by atoms with E-state index in [1.165, 1.54) is 31.2 Å². The van der Waals surface area contributed by atoms with Crippen LogP contribution in [0, 0.1) is 17.5 Å². The van der Waals surface area contributed by atoms with E-state index in [0.29, 0.717) is 0 Å². The molecule has 160 valence electrons. The van der Waals surface area contributed by atoms with E-state index in [1.807, 2.05) is 0 Å². The number of nitrogens with one attached hydrogen (secondary N) is 3. The van der Waals surface area contributed by atoms with Crippen LogP contribution >= 0.6 is 0 Å². The highest BCUT2D eigenvalue weighted by molar-refractivity contribution is 7.92. The van der Waals surface area contributed by atoms with E-state index in [1.54, 1.807) is 0 Å². The van der Waals surface area contributed by atoms with Gasteiger partial charge in [0.15, 0.2) is 10.7 Å². The molecule has 7 nitrogen and oxygen atoms in total. The Morgan fingerprint density at radius 2 is 1.81 bits per heavy atom. The highest BCUT2D eigenvalue weighted by Crippen LogP contribution is 2.28. The summed E-state index contributed by atoms with van der Waals surface area (Å²) >= 11 is -2.04. The van der Waals surface area contributed by atoms with Crippen LogP contribution in [0.2, 0.25) is 0 Å². The second-order valence-electron chi connectivity index (χ2n) is 6.18. The summed E-state index contributed by atoms with van der Waals surface area (Å²) < 4.78 is 56.9. The predicted octanol–water partition coefficient (Wildman–Crippen LogP) is 3.84. The molecule has 0 aliphatic heterocycles. The van der Waals surface area contributed by atoms with Gasteiger partial charge in [0.05, 0.1) is 5.56 Å². The van der Waals surface area contributed by atoms with Gasteiger partial charge in [-0.2, -0.15) is 0 Å². The topological polar surface area (TPSA) is 106 Å². The molecule has 31 heavy (non-hydrogen) atoms. The van der Waals surface area contributed by atoms with Gasteiger partial charge in [-0.1, -0.05) is 6.07 Å². The van der Waals surface area contributed by atoms with Crippen molar-refractivity contribution >= 4 is 40.4 Å². The molecule has 0 saturated carbocycles. The van der Waals surface area contributed by atoms with Gasteiger partial charge in [0.25, 0.3) is 5.91 Å². The van der Waals surface area contributed by atoms with Gasteiger partial charge in [-0.3, -0.25) is 9.59 Å². The Balaban J connectivity index is 1.78. The summed E-state index contributed by atoms with van der Waals surface area (Å²) in [6, 6.07) is 9.40. The van der Waals surface area contributed by atoms with Gasteiger partial charge in [-0.05, 0) is 36.4 Å². The number of anilines is 3. The van der Waals surface area contributed by atoms with Crippen LogP contribution in [0.1, 0.15) is 17.3 Å². The van der Waals surface area contributed by atoms with Crippen LogP contribution < -0.4 is 15.4 Å². The molecule has 3 N–H and O–H groups in total.